The Labute approximate surface area is 52.5 Å². The minimum atomic E-state index is -1.92. The molecule has 5 heavy (non-hydrogen) atoms. The molecule has 0 aromatic carbocycles. The predicted octanol–water partition coefficient (Wildman–Crippen LogP) is -3.33. The molecule has 1 nitrogen and oxygen atoms in total. The zero-order valence-corrected chi connectivity index (χ0v) is 5.36. The topological polar surface area (TPSA) is 23.1 Å². The van der Waals surface area contributed by atoms with Crippen molar-refractivity contribution in [2.45, 2.75) is 13.3 Å². The zero-order valence-electron chi connectivity index (χ0n) is 3.36. The van der Waals surface area contributed by atoms with Crippen LogP contribution in [0.4, 0.5) is 4.39 Å². The first-order chi connectivity index (χ1) is 1.73. The van der Waals surface area contributed by atoms with Crippen molar-refractivity contribution in [3.05, 3.63) is 0 Å². The van der Waals surface area contributed by atoms with Crippen LogP contribution in [-0.4, -0.2) is 6.36 Å². The molecular formula is C2H4FNaO. The van der Waals surface area contributed by atoms with Gasteiger partial charge in [0.25, 0.3) is 0 Å². The Kier molecular flexibility index (Phi) is 9.10. The van der Waals surface area contributed by atoms with Crippen molar-refractivity contribution in [3.8, 4) is 0 Å². The van der Waals surface area contributed by atoms with E-state index in [0.29, 0.717) is 0 Å². The Morgan fingerprint density at radius 3 is 1.80 bits per heavy atom. The molecule has 0 heterocycles. The molecule has 0 saturated carbocycles. The molecule has 0 fully saturated rings. The number of hydrogen-bond donors (Lipinski definition) is 0. The molecule has 0 saturated heterocycles. The summed E-state index contributed by atoms with van der Waals surface area (Å²) in [6.07, 6.45) is -1.92. The first kappa shape index (κ1) is 9.31. The van der Waals surface area contributed by atoms with Gasteiger partial charge in [0.05, 0.1) is 0 Å². The van der Waals surface area contributed by atoms with Crippen LogP contribution in [0.15, 0.2) is 0 Å². The molecule has 0 N–H and O–H groups in total. The maximum atomic E-state index is 10.4. The van der Waals surface area contributed by atoms with Crippen molar-refractivity contribution in [2.24, 2.45) is 0 Å². The Morgan fingerprint density at radius 2 is 1.80 bits per heavy atom. The van der Waals surface area contributed by atoms with Crippen LogP contribution in [0, 0.1) is 0 Å². The number of rotatable bonds is 0. The monoisotopic (exact) mass is 86.0 g/mol. The average Bonchev–Trinajstić information content (AvgIpc) is 0.811. The minimum Gasteiger partial charge on any atom is -0.827 e. The number of alkyl halides is 1. The van der Waals surface area contributed by atoms with E-state index in [1.165, 1.54) is 0 Å². The Hall–Kier alpha value is 0.890. The molecule has 0 amide bonds. The average molecular weight is 86.0 g/mol. The predicted molar refractivity (Wildman–Crippen MR) is 10.6 cm³/mol. The fraction of sp³-hybridized carbons (Fsp3) is 1.00. The summed E-state index contributed by atoms with van der Waals surface area (Å²) in [6, 6.07) is 0. The van der Waals surface area contributed by atoms with E-state index in [9.17, 15) is 4.39 Å². The largest absolute Gasteiger partial charge is 1.00 e. The maximum absolute atomic E-state index is 10.4. The summed E-state index contributed by atoms with van der Waals surface area (Å²) >= 11 is 0. The van der Waals surface area contributed by atoms with Crippen LogP contribution < -0.4 is 34.7 Å². The molecule has 0 aliphatic heterocycles. The smallest absolute Gasteiger partial charge is 0.827 e. The molecule has 3 heteroatoms. The van der Waals surface area contributed by atoms with E-state index in [1.54, 1.807) is 0 Å². The van der Waals surface area contributed by atoms with Gasteiger partial charge in [0.1, 0.15) is 0 Å². The van der Waals surface area contributed by atoms with E-state index in [1.807, 2.05) is 0 Å². The molecule has 0 aliphatic carbocycles. The number of hydrogen-bond acceptors (Lipinski definition) is 1. The quantitative estimate of drug-likeness (QED) is 0.283. The Bertz CT molecular complexity index is 14.4. The molecule has 0 rings (SSSR count). The van der Waals surface area contributed by atoms with Gasteiger partial charge in [-0.3, -0.25) is 4.39 Å². The van der Waals surface area contributed by atoms with Gasteiger partial charge in [0, 0.05) is 6.36 Å². The summed E-state index contributed by atoms with van der Waals surface area (Å²) in [4.78, 5) is 0. The Morgan fingerprint density at radius 1 is 1.80 bits per heavy atom. The first-order valence-corrected chi connectivity index (χ1v) is 1.03. The Balaban J connectivity index is 0. The fourth-order valence-electron chi connectivity index (χ4n) is 0. The van der Waals surface area contributed by atoms with Gasteiger partial charge in [-0.05, 0) is 6.92 Å². The molecule has 1 unspecified atom stereocenters. The summed E-state index contributed by atoms with van der Waals surface area (Å²) in [5.74, 6) is 0. The van der Waals surface area contributed by atoms with E-state index >= 15 is 0 Å². The third kappa shape index (κ3) is 51.6. The normalized spacial score (nSPS) is 12.6. The third-order valence-electron chi connectivity index (χ3n) is 0. The summed E-state index contributed by atoms with van der Waals surface area (Å²) in [6.45, 7) is 0.944. The summed E-state index contributed by atoms with van der Waals surface area (Å²) in [5, 5.41) is 8.86. The molecular weight excluding hydrogens is 82.0 g/mol. The van der Waals surface area contributed by atoms with E-state index in [0.717, 1.165) is 6.92 Å². The maximum Gasteiger partial charge on any atom is 1.00 e. The van der Waals surface area contributed by atoms with Crippen LogP contribution in [0.1, 0.15) is 6.92 Å². The van der Waals surface area contributed by atoms with Crippen molar-refractivity contribution in [2.75, 3.05) is 0 Å². The molecule has 0 bridgehead atoms. The van der Waals surface area contributed by atoms with Gasteiger partial charge in [-0.25, -0.2) is 0 Å². The standard InChI is InChI=1S/C2H4FO.Na/c1-2(3)4;/h2H,1H3;/q-1;+1. The van der Waals surface area contributed by atoms with Gasteiger partial charge in [0.2, 0.25) is 0 Å². The second-order valence-corrected chi connectivity index (χ2v) is 0.543. The number of halogens is 1. The summed E-state index contributed by atoms with van der Waals surface area (Å²) < 4.78 is 10.4. The van der Waals surface area contributed by atoms with Gasteiger partial charge in [0.15, 0.2) is 0 Å². The molecule has 1 atom stereocenters. The van der Waals surface area contributed by atoms with Crippen LogP contribution in [-0.2, 0) is 0 Å². The van der Waals surface area contributed by atoms with Crippen molar-refractivity contribution in [3.63, 3.8) is 0 Å². The van der Waals surface area contributed by atoms with Crippen molar-refractivity contribution < 1.29 is 39.1 Å². The third-order valence-corrected chi connectivity index (χ3v) is 0. The first-order valence-electron chi connectivity index (χ1n) is 1.03. The zero-order chi connectivity index (χ0) is 3.58. The van der Waals surface area contributed by atoms with Gasteiger partial charge < -0.3 is 5.11 Å². The van der Waals surface area contributed by atoms with Crippen LogP contribution in [0.25, 0.3) is 0 Å². The van der Waals surface area contributed by atoms with E-state index in [-0.39, 0.29) is 29.6 Å². The molecule has 0 radical (unpaired) electrons. The van der Waals surface area contributed by atoms with Gasteiger partial charge in [-0.15, -0.1) is 0 Å². The second-order valence-electron chi connectivity index (χ2n) is 0.543. The molecule has 0 aliphatic rings. The van der Waals surface area contributed by atoms with Crippen LogP contribution in [0.3, 0.4) is 0 Å². The van der Waals surface area contributed by atoms with Gasteiger partial charge in [-0.1, -0.05) is 0 Å². The van der Waals surface area contributed by atoms with Gasteiger partial charge in [-0.2, -0.15) is 0 Å². The van der Waals surface area contributed by atoms with E-state index < -0.39 is 6.36 Å². The molecule has 0 aromatic heterocycles. The van der Waals surface area contributed by atoms with Crippen LogP contribution in [0.2, 0.25) is 0 Å². The minimum absolute atomic E-state index is 0. The molecule has 0 spiro atoms. The summed E-state index contributed by atoms with van der Waals surface area (Å²) in [7, 11) is 0. The molecule has 26 valence electrons. The van der Waals surface area contributed by atoms with E-state index in [2.05, 4.69) is 0 Å². The summed E-state index contributed by atoms with van der Waals surface area (Å²) in [5.41, 5.74) is 0. The van der Waals surface area contributed by atoms with E-state index in [4.69, 9.17) is 5.11 Å². The fourth-order valence-corrected chi connectivity index (χ4v) is 0. The second kappa shape index (κ2) is 4.89. The SMILES string of the molecule is CC([O-])F.[Na+]. The van der Waals surface area contributed by atoms with Crippen LogP contribution >= 0.6 is 0 Å². The van der Waals surface area contributed by atoms with Gasteiger partial charge >= 0.3 is 29.6 Å². The van der Waals surface area contributed by atoms with Crippen molar-refractivity contribution in [1.29, 1.82) is 0 Å². The van der Waals surface area contributed by atoms with Crippen molar-refractivity contribution in [1.82, 2.24) is 0 Å². The van der Waals surface area contributed by atoms with Crippen molar-refractivity contribution >= 4 is 0 Å². The molecule has 0 aromatic rings. The van der Waals surface area contributed by atoms with Crippen LogP contribution in [0.5, 0.6) is 0 Å².